The van der Waals surface area contributed by atoms with E-state index in [1.807, 2.05) is 48.5 Å². The van der Waals surface area contributed by atoms with E-state index in [2.05, 4.69) is 39.5 Å². The summed E-state index contributed by atoms with van der Waals surface area (Å²) in [5.41, 5.74) is 5.07. The first kappa shape index (κ1) is 23.9. The molecule has 2 aromatic heterocycles. The number of hydrogen-bond donors (Lipinski definition) is 2. The van der Waals surface area contributed by atoms with E-state index < -0.39 is 0 Å². The highest BCUT2D eigenvalue weighted by Gasteiger charge is 2.29. The Balaban J connectivity index is 1.45. The molecule has 2 N–H and O–H groups in total. The van der Waals surface area contributed by atoms with Gasteiger partial charge in [0.15, 0.2) is 5.78 Å². The van der Waals surface area contributed by atoms with Gasteiger partial charge in [-0.25, -0.2) is 4.79 Å². The van der Waals surface area contributed by atoms with Gasteiger partial charge >= 0.3 is 5.69 Å². The largest absolute Gasteiger partial charge is 0.326 e. The molecule has 36 heavy (non-hydrogen) atoms. The van der Waals surface area contributed by atoms with Gasteiger partial charge in [0, 0.05) is 11.5 Å². The van der Waals surface area contributed by atoms with Gasteiger partial charge in [0.2, 0.25) is 5.82 Å². The molecule has 8 heteroatoms. The van der Waals surface area contributed by atoms with Gasteiger partial charge in [-0.1, -0.05) is 81.6 Å². The summed E-state index contributed by atoms with van der Waals surface area (Å²) in [4.78, 5) is 29.4. The van der Waals surface area contributed by atoms with E-state index in [-0.39, 0.29) is 23.3 Å². The van der Waals surface area contributed by atoms with Gasteiger partial charge < -0.3 is 4.98 Å². The Kier molecular flexibility index (Phi) is 6.93. The molecule has 0 aliphatic heterocycles. The minimum absolute atomic E-state index is 0.0200. The lowest BCUT2D eigenvalue weighted by Gasteiger charge is -2.21. The Hall–Kier alpha value is -3.81. The molecule has 1 unspecified atom stereocenters. The number of ketones is 1. The second-order valence-electron chi connectivity index (χ2n) is 9.76. The summed E-state index contributed by atoms with van der Waals surface area (Å²) in [6.07, 6.45) is 6.05. The Bertz CT molecular complexity index is 1380. The Morgan fingerprint density at radius 2 is 1.78 bits per heavy atom. The summed E-state index contributed by atoms with van der Waals surface area (Å²) in [6.45, 7) is 4.60. The maximum absolute atomic E-state index is 13.4. The lowest BCUT2D eigenvalue weighted by molar-refractivity contribution is 0.0883. The molecule has 1 aliphatic carbocycles. The molecule has 2 heterocycles. The van der Waals surface area contributed by atoms with E-state index in [9.17, 15) is 9.59 Å². The molecular weight excluding hydrogens is 452 g/mol. The van der Waals surface area contributed by atoms with Crippen molar-refractivity contribution in [3.05, 3.63) is 76.0 Å². The van der Waals surface area contributed by atoms with Crippen molar-refractivity contribution in [2.45, 2.75) is 64.8 Å². The number of rotatable bonds is 8. The highest BCUT2D eigenvalue weighted by molar-refractivity contribution is 5.97. The Morgan fingerprint density at radius 3 is 2.44 bits per heavy atom. The highest BCUT2D eigenvalue weighted by Crippen LogP contribution is 2.31. The number of Topliss-reactive ketones (excluding diaryl/α,β-unsaturated/α-hetero) is 1. The first-order chi connectivity index (χ1) is 17.6. The van der Waals surface area contributed by atoms with Crippen molar-refractivity contribution < 1.29 is 4.79 Å². The first-order valence-electron chi connectivity index (χ1n) is 12.9. The fraction of sp³-hybridized carbons (Fsp3) is 0.393. The maximum Gasteiger partial charge on any atom is 0.326 e. The summed E-state index contributed by atoms with van der Waals surface area (Å²) in [5, 5.41) is 14.4. The molecule has 4 aromatic rings. The van der Waals surface area contributed by atoms with E-state index in [4.69, 9.17) is 0 Å². The standard InChI is InChI=1S/C28H32N6O2/c1-3-18(2)25-24(26(35)21-9-5-4-6-10-21)29-28(36)34(25)17-19-13-15-20(16-14-19)22-11-7-8-12-23(22)27-30-32-33-31-27/h7-8,11-16,18,21H,3-6,9-10,17H2,1-2H3,(H,29,36)(H,30,31,32,33). The highest BCUT2D eigenvalue weighted by atomic mass is 16.2. The van der Waals surface area contributed by atoms with E-state index in [1.54, 1.807) is 4.57 Å². The topological polar surface area (TPSA) is 109 Å². The van der Waals surface area contributed by atoms with E-state index in [0.717, 1.165) is 60.1 Å². The molecule has 5 rings (SSSR count). The predicted molar refractivity (Wildman–Crippen MR) is 139 cm³/mol. The number of H-pyrrole nitrogens is 2. The zero-order valence-electron chi connectivity index (χ0n) is 20.8. The summed E-state index contributed by atoms with van der Waals surface area (Å²) < 4.78 is 1.76. The molecule has 1 fully saturated rings. The fourth-order valence-corrected chi connectivity index (χ4v) is 5.28. The number of benzene rings is 2. The van der Waals surface area contributed by atoms with Crippen LogP contribution in [0.4, 0.5) is 0 Å². The number of aromatic amines is 2. The number of hydrogen-bond acceptors (Lipinski definition) is 5. The average molecular weight is 485 g/mol. The Labute approximate surface area is 210 Å². The first-order valence-corrected chi connectivity index (χ1v) is 12.9. The number of nitrogens with one attached hydrogen (secondary N) is 2. The quantitative estimate of drug-likeness (QED) is 0.328. The van der Waals surface area contributed by atoms with Gasteiger partial charge in [0.25, 0.3) is 0 Å². The van der Waals surface area contributed by atoms with Crippen molar-refractivity contribution in [2.24, 2.45) is 5.92 Å². The minimum Gasteiger partial charge on any atom is -0.303 e. The van der Waals surface area contributed by atoms with Gasteiger partial charge in [-0.05, 0) is 47.1 Å². The lowest BCUT2D eigenvalue weighted by Crippen LogP contribution is -2.21. The van der Waals surface area contributed by atoms with Gasteiger partial charge in [-0.3, -0.25) is 9.36 Å². The van der Waals surface area contributed by atoms with Crippen molar-refractivity contribution in [1.82, 2.24) is 30.2 Å². The molecule has 0 spiro atoms. The third kappa shape index (κ3) is 4.67. The van der Waals surface area contributed by atoms with Crippen LogP contribution in [0.15, 0.2) is 53.3 Å². The third-order valence-corrected chi connectivity index (χ3v) is 7.44. The van der Waals surface area contributed by atoms with Crippen LogP contribution in [-0.2, 0) is 6.54 Å². The van der Waals surface area contributed by atoms with Crippen LogP contribution < -0.4 is 5.69 Å². The van der Waals surface area contributed by atoms with Gasteiger partial charge in [0.05, 0.1) is 12.2 Å². The molecule has 8 nitrogen and oxygen atoms in total. The molecule has 0 saturated heterocycles. The van der Waals surface area contributed by atoms with Crippen molar-refractivity contribution in [2.75, 3.05) is 0 Å². The number of imidazole rings is 1. The van der Waals surface area contributed by atoms with Gasteiger partial charge in [0.1, 0.15) is 5.69 Å². The molecule has 0 radical (unpaired) electrons. The summed E-state index contributed by atoms with van der Waals surface area (Å²) in [6, 6.07) is 16.1. The average Bonchev–Trinajstić information content (AvgIpc) is 3.57. The van der Waals surface area contributed by atoms with Crippen LogP contribution in [0.5, 0.6) is 0 Å². The second-order valence-corrected chi connectivity index (χ2v) is 9.76. The monoisotopic (exact) mass is 484 g/mol. The lowest BCUT2D eigenvalue weighted by atomic mass is 9.84. The van der Waals surface area contributed by atoms with Crippen LogP contribution in [-0.4, -0.2) is 36.0 Å². The van der Waals surface area contributed by atoms with Gasteiger partial charge in [-0.2, -0.15) is 5.21 Å². The molecule has 0 amide bonds. The molecule has 0 bridgehead atoms. The van der Waals surface area contributed by atoms with Crippen molar-refractivity contribution >= 4 is 5.78 Å². The molecule has 186 valence electrons. The van der Waals surface area contributed by atoms with Crippen molar-refractivity contribution in [3.8, 4) is 22.5 Å². The fourth-order valence-electron chi connectivity index (χ4n) is 5.28. The zero-order valence-corrected chi connectivity index (χ0v) is 20.8. The maximum atomic E-state index is 13.4. The van der Waals surface area contributed by atoms with Crippen LogP contribution >= 0.6 is 0 Å². The van der Waals surface area contributed by atoms with Crippen molar-refractivity contribution in [3.63, 3.8) is 0 Å². The third-order valence-electron chi connectivity index (χ3n) is 7.44. The molecule has 2 aromatic carbocycles. The Morgan fingerprint density at radius 1 is 1.06 bits per heavy atom. The normalized spacial score (nSPS) is 15.2. The second kappa shape index (κ2) is 10.4. The minimum atomic E-state index is -0.212. The predicted octanol–water partition coefficient (Wildman–Crippen LogP) is 5.35. The van der Waals surface area contributed by atoms with E-state index in [0.29, 0.717) is 18.1 Å². The number of tetrazole rings is 1. The summed E-state index contributed by atoms with van der Waals surface area (Å²) in [7, 11) is 0. The van der Waals surface area contributed by atoms with Crippen LogP contribution in [0.3, 0.4) is 0 Å². The van der Waals surface area contributed by atoms with Gasteiger partial charge in [-0.15, -0.1) is 10.2 Å². The summed E-state index contributed by atoms with van der Waals surface area (Å²) >= 11 is 0. The number of carbonyl (C=O) groups is 1. The van der Waals surface area contributed by atoms with Crippen molar-refractivity contribution in [1.29, 1.82) is 0 Å². The number of aromatic nitrogens is 6. The number of nitrogens with zero attached hydrogens (tertiary/aromatic N) is 4. The number of carbonyl (C=O) groups excluding carboxylic acids is 1. The van der Waals surface area contributed by atoms with Crippen LogP contribution in [0.1, 0.15) is 80.0 Å². The zero-order chi connectivity index (χ0) is 25.1. The smallest absolute Gasteiger partial charge is 0.303 e. The van der Waals surface area contributed by atoms with E-state index in [1.165, 1.54) is 6.42 Å². The van der Waals surface area contributed by atoms with Crippen LogP contribution in [0, 0.1) is 5.92 Å². The molecule has 1 saturated carbocycles. The van der Waals surface area contributed by atoms with Crippen LogP contribution in [0.25, 0.3) is 22.5 Å². The molecule has 1 aliphatic rings. The summed E-state index contributed by atoms with van der Waals surface area (Å²) in [5.74, 6) is 0.774. The van der Waals surface area contributed by atoms with E-state index >= 15 is 0 Å². The SMILES string of the molecule is CCC(C)c1c(C(=O)C2CCCCC2)[nH]c(=O)n1Cc1ccc(-c2ccccc2-c2nn[nH]n2)cc1. The molecular formula is C28H32N6O2. The van der Waals surface area contributed by atoms with Crippen LogP contribution in [0.2, 0.25) is 0 Å². The molecule has 1 atom stereocenters.